The summed E-state index contributed by atoms with van der Waals surface area (Å²) in [7, 11) is 0. The van der Waals surface area contributed by atoms with Crippen molar-refractivity contribution in [3.05, 3.63) is 34.9 Å². The minimum atomic E-state index is 0.561. The molecule has 0 aliphatic heterocycles. The van der Waals surface area contributed by atoms with Crippen LogP contribution in [0.1, 0.15) is 48.0 Å². The third-order valence-electron chi connectivity index (χ3n) is 2.83. The Labute approximate surface area is 137 Å². The quantitative estimate of drug-likeness (QED) is 0.226. The first kappa shape index (κ1) is 16.0. The van der Waals surface area contributed by atoms with Crippen molar-refractivity contribution >= 4 is 56.8 Å². The summed E-state index contributed by atoms with van der Waals surface area (Å²) in [6.45, 7) is 0. The molecule has 3 heteroatoms. The molecule has 17 heavy (non-hydrogen) atoms. The Bertz CT molecular complexity index is 315. The lowest BCUT2D eigenvalue weighted by Crippen LogP contribution is -1.91. The zero-order valence-electron chi connectivity index (χ0n) is 9.97. The molecule has 1 rings (SSSR count). The first-order chi connectivity index (χ1) is 8.25. The molecular formula is C14H19ClI2. The van der Waals surface area contributed by atoms with Gasteiger partial charge in [-0.05, 0) is 28.9 Å². The van der Waals surface area contributed by atoms with E-state index >= 15 is 0 Å². The third kappa shape index (κ3) is 6.62. The van der Waals surface area contributed by atoms with Gasteiger partial charge in [-0.3, -0.25) is 0 Å². The zero-order valence-corrected chi connectivity index (χ0v) is 15.0. The molecule has 0 aromatic heterocycles. The van der Waals surface area contributed by atoms with E-state index in [1.807, 2.05) is 12.1 Å². The maximum absolute atomic E-state index is 6.19. The molecule has 0 amide bonds. The van der Waals surface area contributed by atoms with Gasteiger partial charge in [0.15, 0.2) is 0 Å². The number of rotatable bonds is 8. The Morgan fingerprint density at radius 3 is 2.35 bits per heavy atom. The normalized spacial score (nSPS) is 12.6. The largest absolute Gasteiger partial charge is 0.0864 e. The Hall–Kier alpha value is 0.970. The highest BCUT2D eigenvalue weighted by molar-refractivity contribution is 14.1. The van der Waals surface area contributed by atoms with Crippen LogP contribution in [0.5, 0.6) is 0 Å². The van der Waals surface area contributed by atoms with Crippen molar-refractivity contribution < 1.29 is 0 Å². The van der Waals surface area contributed by atoms with E-state index < -0.39 is 0 Å². The summed E-state index contributed by atoms with van der Waals surface area (Å²) < 4.78 is 1.86. The summed E-state index contributed by atoms with van der Waals surface area (Å²) in [5.41, 5.74) is 1.29. The fraction of sp³-hybridized carbons (Fsp3) is 0.571. The Morgan fingerprint density at radius 1 is 1.00 bits per heavy atom. The number of alkyl halides is 2. The van der Waals surface area contributed by atoms with Gasteiger partial charge in [0.25, 0.3) is 0 Å². The molecule has 96 valence electrons. The Kier molecular flexibility index (Phi) is 9.28. The van der Waals surface area contributed by atoms with Crippen molar-refractivity contribution in [3.63, 3.8) is 0 Å². The maximum Gasteiger partial charge on any atom is 0.0448 e. The van der Waals surface area contributed by atoms with Gasteiger partial charge in [-0.25, -0.2) is 0 Å². The minimum Gasteiger partial charge on any atom is -0.0864 e. The van der Waals surface area contributed by atoms with Crippen LogP contribution in [0.2, 0.25) is 5.02 Å². The average molecular weight is 477 g/mol. The van der Waals surface area contributed by atoms with Crippen molar-refractivity contribution in [2.45, 2.75) is 42.4 Å². The lowest BCUT2D eigenvalue weighted by Gasteiger charge is -2.11. The molecule has 0 nitrogen and oxygen atoms in total. The van der Waals surface area contributed by atoms with Crippen LogP contribution in [0.4, 0.5) is 0 Å². The van der Waals surface area contributed by atoms with E-state index in [4.69, 9.17) is 11.6 Å². The molecule has 0 N–H and O–H groups in total. The Balaban J connectivity index is 2.21. The summed E-state index contributed by atoms with van der Waals surface area (Å²) in [5.74, 6) is 0. The van der Waals surface area contributed by atoms with Crippen LogP contribution in [0.3, 0.4) is 0 Å². The van der Waals surface area contributed by atoms with E-state index in [1.165, 1.54) is 48.5 Å². The molecule has 0 spiro atoms. The van der Waals surface area contributed by atoms with Gasteiger partial charge in [-0.2, -0.15) is 0 Å². The first-order valence-corrected chi connectivity index (χ1v) is 9.35. The van der Waals surface area contributed by atoms with Gasteiger partial charge in [0.05, 0.1) is 0 Å². The van der Waals surface area contributed by atoms with Crippen LogP contribution in [-0.2, 0) is 0 Å². The molecule has 0 bridgehead atoms. The molecule has 1 aromatic rings. The van der Waals surface area contributed by atoms with Gasteiger partial charge in [-0.1, -0.05) is 101 Å². The van der Waals surface area contributed by atoms with E-state index in [0.717, 1.165) is 5.02 Å². The topological polar surface area (TPSA) is 0 Å². The van der Waals surface area contributed by atoms with Gasteiger partial charge < -0.3 is 0 Å². The Morgan fingerprint density at radius 2 is 1.65 bits per heavy atom. The third-order valence-corrected chi connectivity index (χ3v) is 5.23. The molecule has 0 aliphatic rings. The van der Waals surface area contributed by atoms with E-state index in [2.05, 4.69) is 57.3 Å². The first-order valence-electron chi connectivity index (χ1n) is 6.20. The maximum atomic E-state index is 6.19. The highest BCUT2D eigenvalue weighted by Gasteiger charge is 2.09. The summed E-state index contributed by atoms with van der Waals surface area (Å²) in [6.07, 6.45) is 8.07. The van der Waals surface area contributed by atoms with Gasteiger partial charge in [-0.15, -0.1) is 0 Å². The summed E-state index contributed by atoms with van der Waals surface area (Å²) >= 11 is 11.2. The second-order valence-corrected chi connectivity index (χ2v) is 7.22. The number of halogens is 3. The monoisotopic (exact) mass is 476 g/mol. The lowest BCUT2D eigenvalue weighted by atomic mass is 10.0. The SMILES string of the molecule is Clc1ccccc1C(I)CCCCCCCI. The van der Waals surface area contributed by atoms with Crippen LogP contribution >= 0.6 is 56.8 Å². The zero-order chi connectivity index (χ0) is 12.5. The molecule has 1 unspecified atom stereocenters. The molecule has 0 aliphatic carbocycles. The van der Waals surface area contributed by atoms with Gasteiger partial charge in [0.2, 0.25) is 0 Å². The molecular weight excluding hydrogens is 457 g/mol. The van der Waals surface area contributed by atoms with Crippen molar-refractivity contribution in [1.29, 1.82) is 0 Å². The second kappa shape index (κ2) is 9.84. The van der Waals surface area contributed by atoms with Crippen LogP contribution in [0.15, 0.2) is 24.3 Å². The highest BCUT2D eigenvalue weighted by atomic mass is 127. The average Bonchev–Trinajstić information content (AvgIpc) is 2.34. The number of unbranched alkanes of at least 4 members (excludes halogenated alkanes) is 4. The van der Waals surface area contributed by atoms with Crippen molar-refractivity contribution in [2.24, 2.45) is 0 Å². The standard InChI is InChI=1S/C14H19ClI2/c15-13-9-6-5-8-12(13)14(17)10-4-2-1-3-7-11-16/h5-6,8-9,14H,1-4,7,10-11H2. The van der Waals surface area contributed by atoms with Crippen LogP contribution in [-0.4, -0.2) is 4.43 Å². The van der Waals surface area contributed by atoms with Gasteiger partial charge in [0.1, 0.15) is 0 Å². The smallest absolute Gasteiger partial charge is 0.0448 e. The predicted molar refractivity (Wildman–Crippen MR) is 94.8 cm³/mol. The predicted octanol–water partition coefficient (Wildman–Crippen LogP) is 6.59. The van der Waals surface area contributed by atoms with E-state index in [-0.39, 0.29) is 0 Å². The van der Waals surface area contributed by atoms with Crippen LogP contribution < -0.4 is 0 Å². The van der Waals surface area contributed by atoms with Crippen LogP contribution in [0.25, 0.3) is 0 Å². The van der Waals surface area contributed by atoms with E-state index in [0.29, 0.717) is 3.92 Å². The number of hydrogen-bond donors (Lipinski definition) is 0. The molecule has 0 saturated carbocycles. The number of hydrogen-bond acceptors (Lipinski definition) is 0. The molecule has 1 aromatic carbocycles. The molecule has 0 fully saturated rings. The number of benzene rings is 1. The van der Waals surface area contributed by atoms with Gasteiger partial charge >= 0.3 is 0 Å². The summed E-state index contributed by atoms with van der Waals surface area (Å²) in [5, 5.41) is 0.914. The summed E-state index contributed by atoms with van der Waals surface area (Å²) in [4.78, 5) is 0. The fourth-order valence-corrected chi connectivity index (χ4v) is 3.81. The fourth-order valence-electron chi connectivity index (χ4n) is 1.83. The minimum absolute atomic E-state index is 0.561. The molecule has 0 saturated heterocycles. The van der Waals surface area contributed by atoms with E-state index in [9.17, 15) is 0 Å². The van der Waals surface area contributed by atoms with Crippen molar-refractivity contribution in [3.8, 4) is 0 Å². The molecule has 1 atom stereocenters. The van der Waals surface area contributed by atoms with Crippen LogP contribution in [0, 0.1) is 0 Å². The highest BCUT2D eigenvalue weighted by Crippen LogP contribution is 2.33. The molecule has 0 heterocycles. The van der Waals surface area contributed by atoms with Crippen molar-refractivity contribution in [1.82, 2.24) is 0 Å². The van der Waals surface area contributed by atoms with Crippen molar-refractivity contribution in [2.75, 3.05) is 4.43 Å². The van der Waals surface area contributed by atoms with Gasteiger partial charge in [0, 0.05) is 8.95 Å². The molecule has 0 radical (unpaired) electrons. The lowest BCUT2D eigenvalue weighted by molar-refractivity contribution is 0.612. The summed E-state index contributed by atoms with van der Waals surface area (Å²) in [6, 6.07) is 8.21. The second-order valence-electron chi connectivity index (χ2n) is 4.23. The van der Waals surface area contributed by atoms with E-state index in [1.54, 1.807) is 0 Å².